The zero-order valence-corrected chi connectivity index (χ0v) is 17.3. The number of methoxy groups -OCH3 is 1. The van der Waals surface area contributed by atoms with Gasteiger partial charge in [-0.1, -0.05) is 31.9 Å². The molecule has 0 saturated carbocycles. The Bertz CT molecular complexity index is 806. The first-order valence-electron chi connectivity index (χ1n) is 8.90. The van der Waals surface area contributed by atoms with Crippen LogP contribution in [0.25, 0.3) is 0 Å². The molecule has 1 saturated heterocycles. The molecule has 150 valence electrons. The van der Waals surface area contributed by atoms with Gasteiger partial charge in [0.2, 0.25) is 10.0 Å². The molecule has 27 heavy (non-hydrogen) atoms. The number of rotatable bonds is 7. The second-order valence-corrected chi connectivity index (χ2v) is 8.93. The molecule has 9 heteroatoms. The molecular formula is C18H25ClN2O5S. The molecule has 0 aromatic heterocycles. The highest BCUT2D eigenvalue weighted by molar-refractivity contribution is 7.89. The third-order valence-corrected chi connectivity index (χ3v) is 7.21. The summed E-state index contributed by atoms with van der Waals surface area (Å²) in [5.41, 5.74) is 0.120. The maximum Gasteiger partial charge on any atom is 0.328 e. The van der Waals surface area contributed by atoms with Crippen LogP contribution in [0.2, 0.25) is 5.02 Å². The zero-order chi connectivity index (χ0) is 20.2. The van der Waals surface area contributed by atoms with Crippen LogP contribution in [-0.2, 0) is 19.6 Å². The number of amides is 1. The van der Waals surface area contributed by atoms with Crippen LogP contribution in [0.15, 0.2) is 23.1 Å². The first kappa shape index (κ1) is 21.7. The Morgan fingerprint density at radius 2 is 1.93 bits per heavy atom. The standard InChI is InChI=1S/C18H25ClN2O5S/c1-4-12(2)16(18(23)26-3)20-17(22)13-7-8-14(19)15(11-13)27(24,25)21-9-5-6-10-21/h7-8,11-12,16H,4-6,9-10H2,1-3H3,(H,20,22)/t12-,16-/m1/s1. The van der Waals surface area contributed by atoms with E-state index in [0.29, 0.717) is 19.5 Å². The van der Waals surface area contributed by atoms with E-state index >= 15 is 0 Å². The van der Waals surface area contributed by atoms with Gasteiger partial charge >= 0.3 is 5.97 Å². The van der Waals surface area contributed by atoms with Gasteiger partial charge in [0.15, 0.2) is 0 Å². The number of carbonyl (C=O) groups excluding carboxylic acids is 2. The molecule has 0 aliphatic carbocycles. The predicted molar refractivity (Wildman–Crippen MR) is 102 cm³/mol. The molecule has 1 amide bonds. The molecule has 1 fully saturated rings. The van der Waals surface area contributed by atoms with Crippen LogP contribution < -0.4 is 5.32 Å². The maximum atomic E-state index is 12.8. The number of sulfonamides is 1. The lowest BCUT2D eigenvalue weighted by atomic mass is 9.99. The van der Waals surface area contributed by atoms with E-state index in [-0.39, 0.29) is 21.4 Å². The fraction of sp³-hybridized carbons (Fsp3) is 0.556. The van der Waals surface area contributed by atoms with Crippen molar-refractivity contribution in [2.45, 2.75) is 44.0 Å². The Balaban J connectivity index is 2.31. The van der Waals surface area contributed by atoms with Gasteiger partial charge in [0.25, 0.3) is 5.91 Å². The fourth-order valence-electron chi connectivity index (χ4n) is 2.93. The largest absolute Gasteiger partial charge is 0.467 e. The van der Waals surface area contributed by atoms with Crippen molar-refractivity contribution in [3.63, 3.8) is 0 Å². The lowest BCUT2D eigenvalue weighted by Crippen LogP contribution is -2.45. The molecule has 1 aliphatic heterocycles. The fourth-order valence-corrected chi connectivity index (χ4v) is 4.95. The Morgan fingerprint density at radius 1 is 1.30 bits per heavy atom. The summed E-state index contributed by atoms with van der Waals surface area (Å²) in [6.45, 7) is 4.60. The molecular weight excluding hydrogens is 392 g/mol. The lowest BCUT2D eigenvalue weighted by Gasteiger charge is -2.22. The minimum absolute atomic E-state index is 0.0601. The molecule has 1 N–H and O–H groups in total. The molecule has 1 aromatic rings. The quantitative estimate of drug-likeness (QED) is 0.689. The molecule has 1 heterocycles. The van der Waals surface area contributed by atoms with Gasteiger partial charge in [0.1, 0.15) is 10.9 Å². The highest BCUT2D eigenvalue weighted by Crippen LogP contribution is 2.28. The third kappa shape index (κ3) is 4.80. The summed E-state index contributed by atoms with van der Waals surface area (Å²) in [5, 5.41) is 2.70. The molecule has 2 rings (SSSR count). The number of esters is 1. The minimum atomic E-state index is -3.77. The van der Waals surface area contributed by atoms with Crippen LogP contribution >= 0.6 is 11.6 Å². The smallest absolute Gasteiger partial charge is 0.328 e. The lowest BCUT2D eigenvalue weighted by molar-refractivity contribution is -0.144. The van der Waals surface area contributed by atoms with Crippen molar-refractivity contribution < 1.29 is 22.7 Å². The molecule has 7 nitrogen and oxygen atoms in total. The van der Waals surface area contributed by atoms with Gasteiger partial charge in [-0.15, -0.1) is 0 Å². The van der Waals surface area contributed by atoms with Gasteiger partial charge in [-0.05, 0) is 37.0 Å². The zero-order valence-electron chi connectivity index (χ0n) is 15.7. The average molecular weight is 417 g/mol. The highest BCUT2D eigenvalue weighted by Gasteiger charge is 2.31. The average Bonchev–Trinajstić information content (AvgIpc) is 3.20. The Hall–Kier alpha value is -1.64. The van der Waals surface area contributed by atoms with Gasteiger partial charge in [-0.2, -0.15) is 4.31 Å². The van der Waals surface area contributed by atoms with Crippen LogP contribution in [-0.4, -0.2) is 50.8 Å². The van der Waals surface area contributed by atoms with Crippen molar-refractivity contribution in [1.29, 1.82) is 0 Å². The van der Waals surface area contributed by atoms with E-state index in [1.54, 1.807) is 0 Å². The summed E-state index contributed by atoms with van der Waals surface area (Å²) in [4.78, 5) is 24.5. The van der Waals surface area contributed by atoms with Crippen LogP contribution in [0.1, 0.15) is 43.5 Å². The minimum Gasteiger partial charge on any atom is -0.467 e. The van der Waals surface area contributed by atoms with E-state index in [9.17, 15) is 18.0 Å². The molecule has 2 atom stereocenters. The van der Waals surface area contributed by atoms with Gasteiger partial charge in [-0.3, -0.25) is 4.79 Å². The van der Waals surface area contributed by atoms with Crippen molar-refractivity contribution in [2.75, 3.05) is 20.2 Å². The Labute approximate surface area is 165 Å². The molecule has 0 bridgehead atoms. The molecule has 1 aromatic carbocycles. The van der Waals surface area contributed by atoms with Crippen LogP contribution in [0, 0.1) is 5.92 Å². The first-order valence-corrected chi connectivity index (χ1v) is 10.7. The van der Waals surface area contributed by atoms with Crippen molar-refractivity contribution in [3.8, 4) is 0 Å². The highest BCUT2D eigenvalue weighted by atomic mass is 35.5. The summed E-state index contributed by atoms with van der Waals surface area (Å²) in [6, 6.07) is 3.26. The van der Waals surface area contributed by atoms with E-state index < -0.39 is 27.9 Å². The number of halogens is 1. The van der Waals surface area contributed by atoms with E-state index in [1.165, 1.54) is 29.6 Å². The summed E-state index contributed by atoms with van der Waals surface area (Å²) in [5.74, 6) is -1.24. The summed E-state index contributed by atoms with van der Waals surface area (Å²) in [6.07, 6.45) is 2.26. The van der Waals surface area contributed by atoms with Gasteiger partial charge in [0.05, 0.1) is 12.1 Å². The topological polar surface area (TPSA) is 92.8 Å². The van der Waals surface area contributed by atoms with Gasteiger partial charge < -0.3 is 10.1 Å². The first-order chi connectivity index (χ1) is 12.7. The van der Waals surface area contributed by atoms with Crippen molar-refractivity contribution >= 4 is 33.5 Å². The number of hydrogen-bond acceptors (Lipinski definition) is 5. The Morgan fingerprint density at radius 3 is 2.48 bits per heavy atom. The summed E-state index contributed by atoms with van der Waals surface area (Å²) in [7, 11) is -2.51. The number of nitrogens with one attached hydrogen (secondary N) is 1. The van der Waals surface area contributed by atoms with Gasteiger partial charge in [-0.25, -0.2) is 13.2 Å². The van der Waals surface area contributed by atoms with Crippen molar-refractivity contribution in [1.82, 2.24) is 9.62 Å². The molecule has 0 spiro atoms. The van der Waals surface area contributed by atoms with Crippen molar-refractivity contribution in [2.24, 2.45) is 5.92 Å². The predicted octanol–water partition coefficient (Wildman–Crippen LogP) is 2.44. The SMILES string of the molecule is CC[C@@H](C)[C@@H](NC(=O)c1ccc(Cl)c(S(=O)(=O)N2CCCC2)c1)C(=O)OC. The van der Waals surface area contributed by atoms with E-state index in [1.807, 2.05) is 13.8 Å². The summed E-state index contributed by atoms with van der Waals surface area (Å²) < 4.78 is 31.7. The third-order valence-electron chi connectivity index (χ3n) is 4.83. The van der Waals surface area contributed by atoms with Crippen LogP contribution in [0.4, 0.5) is 0 Å². The monoisotopic (exact) mass is 416 g/mol. The van der Waals surface area contributed by atoms with Crippen LogP contribution in [0.3, 0.4) is 0 Å². The van der Waals surface area contributed by atoms with Gasteiger partial charge in [0, 0.05) is 18.7 Å². The number of carbonyl (C=O) groups is 2. The van der Waals surface area contributed by atoms with Crippen LogP contribution in [0.5, 0.6) is 0 Å². The maximum absolute atomic E-state index is 12.8. The number of nitrogens with zero attached hydrogens (tertiary/aromatic N) is 1. The Kier molecular flexibility index (Phi) is 7.25. The molecule has 1 aliphatic rings. The molecule has 0 radical (unpaired) electrons. The second kappa shape index (κ2) is 9.03. The normalized spacial score (nSPS) is 17.3. The van der Waals surface area contributed by atoms with Crippen molar-refractivity contribution in [3.05, 3.63) is 28.8 Å². The summed E-state index contributed by atoms with van der Waals surface area (Å²) >= 11 is 6.10. The number of hydrogen-bond donors (Lipinski definition) is 1. The van der Waals surface area contributed by atoms with E-state index in [2.05, 4.69) is 5.32 Å². The second-order valence-electron chi connectivity index (χ2n) is 6.62. The number of benzene rings is 1. The molecule has 0 unspecified atom stereocenters. The van der Waals surface area contributed by atoms with E-state index in [4.69, 9.17) is 16.3 Å². The van der Waals surface area contributed by atoms with E-state index in [0.717, 1.165) is 12.8 Å². The number of ether oxygens (including phenoxy) is 1.